The highest BCUT2D eigenvalue weighted by Gasteiger charge is 2.19. The molecule has 0 unspecified atom stereocenters. The molecule has 1 heterocycles. The van der Waals surface area contributed by atoms with E-state index in [2.05, 4.69) is 40.5 Å². The molecule has 150 valence electrons. The molecule has 4 heteroatoms. The molecule has 2 aromatic carbocycles. The normalized spacial score (nSPS) is 15.3. The van der Waals surface area contributed by atoms with Gasteiger partial charge in [0, 0.05) is 19.5 Å². The van der Waals surface area contributed by atoms with Gasteiger partial charge in [0.15, 0.2) is 0 Å². The molecule has 1 saturated heterocycles. The summed E-state index contributed by atoms with van der Waals surface area (Å²) in [6.45, 7) is 3.72. The van der Waals surface area contributed by atoms with Crippen LogP contribution in [0.4, 0.5) is 0 Å². The number of nitrogens with one attached hydrogen (secondary N) is 1. The van der Waals surface area contributed by atoms with Gasteiger partial charge in [-0.25, -0.2) is 0 Å². The zero-order valence-corrected chi connectivity index (χ0v) is 16.9. The molecule has 1 aliphatic heterocycles. The van der Waals surface area contributed by atoms with E-state index >= 15 is 0 Å². The van der Waals surface area contributed by atoms with Gasteiger partial charge in [0.2, 0.25) is 5.91 Å². The monoisotopic (exact) mass is 380 g/mol. The van der Waals surface area contributed by atoms with E-state index in [-0.39, 0.29) is 5.91 Å². The summed E-state index contributed by atoms with van der Waals surface area (Å²) in [5, 5.41) is 3.04. The number of hydrogen-bond donors (Lipinski definition) is 1. The number of methoxy groups -OCH3 is 1. The summed E-state index contributed by atoms with van der Waals surface area (Å²) < 4.78 is 5.36. The number of benzene rings is 2. The first-order valence-electron chi connectivity index (χ1n) is 10.4. The van der Waals surface area contributed by atoms with Crippen molar-refractivity contribution in [3.05, 3.63) is 65.7 Å². The van der Waals surface area contributed by atoms with Crippen molar-refractivity contribution < 1.29 is 9.53 Å². The van der Waals surface area contributed by atoms with Crippen LogP contribution in [0.2, 0.25) is 0 Å². The van der Waals surface area contributed by atoms with Gasteiger partial charge in [-0.05, 0) is 61.9 Å². The zero-order chi connectivity index (χ0) is 19.6. The molecule has 0 spiro atoms. The van der Waals surface area contributed by atoms with Gasteiger partial charge in [-0.3, -0.25) is 4.79 Å². The maximum atomic E-state index is 12.2. The van der Waals surface area contributed by atoms with Crippen molar-refractivity contribution in [2.45, 2.75) is 32.1 Å². The van der Waals surface area contributed by atoms with Crippen LogP contribution in [-0.4, -0.2) is 44.1 Å². The molecule has 28 heavy (non-hydrogen) atoms. The maximum Gasteiger partial charge on any atom is 0.221 e. The average Bonchev–Trinajstić information content (AvgIpc) is 2.74. The van der Waals surface area contributed by atoms with Crippen molar-refractivity contribution in [1.82, 2.24) is 10.2 Å². The van der Waals surface area contributed by atoms with E-state index in [1.165, 1.54) is 24.8 Å². The maximum absolute atomic E-state index is 12.2. The fourth-order valence-corrected chi connectivity index (χ4v) is 3.96. The first-order valence-corrected chi connectivity index (χ1v) is 10.4. The minimum Gasteiger partial charge on any atom is -0.496 e. The average molecular weight is 381 g/mol. The third kappa shape index (κ3) is 6.38. The van der Waals surface area contributed by atoms with Crippen LogP contribution in [0.3, 0.4) is 0 Å². The van der Waals surface area contributed by atoms with Crippen molar-refractivity contribution in [2.75, 3.05) is 33.3 Å². The highest BCUT2D eigenvalue weighted by molar-refractivity contribution is 5.76. The molecule has 1 amide bonds. The van der Waals surface area contributed by atoms with E-state index in [0.717, 1.165) is 43.3 Å². The Kier molecular flexibility index (Phi) is 7.92. The minimum absolute atomic E-state index is 0.140. The number of amides is 1. The van der Waals surface area contributed by atoms with E-state index in [0.29, 0.717) is 13.0 Å². The lowest BCUT2D eigenvalue weighted by Crippen LogP contribution is -2.37. The highest BCUT2D eigenvalue weighted by atomic mass is 16.5. The summed E-state index contributed by atoms with van der Waals surface area (Å²) >= 11 is 0. The third-order valence-electron chi connectivity index (χ3n) is 5.64. The molecular formula is C24H32N2O2. The number of carbonyl (C=O) groups excluding carboxylic acids is 1. The Morgan fingerprint density at radius 1 is 1.07 bits per heavy atom. The second kappa shape index (κ2) is 10.9. The van der Waals surface area contributed by atoms with Gasteiger partial charge in [0.1, 0.15) is 5.75 Å². The predicted octanol–water partition coefficient (Wildman–Crippen LogP) is 3.70. The topological polar surface area (TPSA) is 41.6 Å². The molecule has 1 aliphatic rings. The number of ether oxygens (including phenoxy) is 1. The summed E-state index contributed by atoms with van der Waals surface area (Å²) in [4.78, 5) is 14.6. The Balaban J connectivity index is 1.30. The van der Waals surface area contributed by atoms with Crippen LogP contribution in [0.15, 0.2) is 54.6 Å². The number of likely N-dealkylation sites (tertiary alicyclic amines) is 1. The minimum atomic E-state index is 0.140. The highest BCUT2D eigenvalue weighted by Crippen LogP contribution is 2.21. The van der Waals surface area contributed by atoms with Crippen molar-refractivity contribution in [3.8, 4) is 5.75 Å². The predicted molar refractivity (Wildman–Crippen MR) is 114 cm³/mol. The van der Waals surface area contributed by atoms with Crippen molar-refractivity contribution >= 4 is 5.91 Å². The summed E-state index contributed by atoms with van der Waals surface area (Å²) in [6, 6.07) is 18.7. The van der Waals surface area contributed by atoms with Gasteiger partial charge in [-0.15, -0.1) is 0 Å². The van der Waals surface area contributed by atoms with Gasteiger partial charge < -0.3 is 15.0 Å². The largest absolute Gasteiger partial charge is 0.496 e. The van der Waals surface area contributed by atoms with E-state index in [9.17, 15) is 4.79 Å². The second-order valence-corrected chi connectivity index (χ2v) is 7.64. The summed E-state index contributed by atoms with van der Waals surface area (Å²) in [7, 11) is 1.68. The summed E-state index contributed by atoms with van der Waals surface area (Å²) in [5.41, 5.74) is 2.57. The fourth-order valence-electron chi connectivity index (χ4n) is 3.96. The number of carbonyl (C=O) groups is 1. The molecule has 4 nitrogen and oxygen atoms in total. The molecule has 2 aromatic rings. The Bertz CT molecular complexity index is 724. The Morgan fingerprint density at radius 2 is 1.79 bits per heavy atom. The van der Waals surface area contributed by atoms with Crippen LogP contribution < -0.4 is 10.1 Å². The van der Waals surface area contributed by atoms with Gasteiger partial charge in [0.05, 0.1) is 7.11 Å². The molecule has 0 aliphatic carbocycles. The quantitative estimate of drug-likeness (QED) is 0.721. The van der Waals surface area contributed by atoms with Gasteiger partial charge in [-0.1, -0.05) is 48.5 Å². The third-order valence-corrected chi connectivity index (χ3v) is 5.64. The van der Waals surface area contributed by atoms with Gasteiger partial charge >= 0.3 is 0 Å². The Morgan fingerprint density at radius 3 is 2.54 bits per heavy atom. The first kappa shape index (κ1) is 20.4. The SMILES string of the molecule is COc1ccccc1CCNC(=O)CCN1CCC(Cc2ccccc2)CC1. The van der Waals surface area contributed by atoms with E-state index < -0.39 is 0 Å². The van der Waals surface area contributed by atoms with Crippen LogP contribution >= 0.6 is 0 Å². The molecule has 1 N–H and O–H groups in total. The van der Waals surface area contributed by atoms with Gasteiger partial charge in [-0.2, -0.15) is 0 Å². The Labute approximate surface area is 168 Å². The number of rotatable bonds is 9. The molecule has 0 bridgehead atoms. The lowest BCUT2D eigenvalue weighted by atomic mass is 9.90. The molecule has 0 radical (unpaired) electrons. The molecule has 0 aromatic heterocycles. The van der Waals surface area contributed by atoms with Crippen molar-refractivity contribution in [1.29, 1.82) is 0 Å². The molecule has 1 fully saturated rings. The summed E-state index contributed by atoms with van der Waals surface area (Å²) in [5.74, 6) is 1.80. The standard InChI is InChI=1S/C24H32N2O2/c1-28-23-10-6-5-9-22(23)11-15-25-24(27)14-18-26-16-12-21(13-17-26)19-20-7-3-2-4-8-20/h2-10,21H,11-19H2,1H3,(H,25,27). The molecular weight excluding hydrogens is 348 g/mol. The lowest BCUT2D eigenvalue weighted by Gasteiger charge is -2.31. The van der Waals surface area contributed by atoms with Crippen LogP contribution in [0.1, 0.15) is 30.4 Å². The van der Waals surface area contributed by atoms with Crippen LogP contribution in [0.5, 0.6) is 5.75 Å². The van der Waals surface area contributed by atoms with Crippen LogP contribution in [-0.2, 0) is 17.6 Å². The first-order chi connectivity index (χ1) is 13.7. The zero-order valence-electron chi connectivity index (χ0n) is 16.9. The van der Waals surface area contributed by atoms with E-state index in [4.69, 9.17) is 4.74 Å². The number of hydrogen-bond acceptors (Lipinski definition) is 3. The van der Waals surface area contributed by atoms with E-state index in [1.54, 1.807) is 7.11 Å². The van der Waals surface area contributed by atoms with E-state index in [1.807, 2.05) is 24.3 Å². The number of piperidine rings is 1. The molecule has 0 atom stereocenters. The van der Waals surface area contributed by atoms with Crippen molar-refractivity contribution in [3.63, 3.8) is 0 Å². The van der Waals surface area contributed by atoms with Crippen LogP contribution in [0.25, 0.3) is 0 Å². The van der Waals surface area contributed by atoms with Crippen LogP contribution in [0, 0.1) is 5.92 Å². The molecule has 3 rings (SSSR count). The lowest BCUT2D eigenvalue weighted by molar-refractivity contribution is -0.121. The Hall–Kier alpha value is -2.33. The number of nitrogens with zero attached hydrogens (tertiary/aromatic N) is 1. The van der Waals surface area contributed by atoms with Crippen molar-refractivity contribution in [2.24, 2.45) is 5.92 Å². The summed E-state index contributed by atoms with van der Waals surface area (Å²) in [6.07, 6.45) is 5.00. The smallest absolute Gasteiger partial charge is 0.221 e. The fraction of sp³-hybridized carbons (Fsp3) is 0.458. The molecule has 0 saturated carbocycles. The number of para-hydroxylation sites is 1. The van der Waals surface area contributed by atoms with Gasteiger partial charge in [0.25, 0.3) is 0 Å². The second-order valence-electron chi connectivity index (χ2n) is 7.64.